The van der Waals surface area contributed by atoms with Gasteiger partial charge in [0.1, 0.15) is 0 Å². The highest BCUT2D eigenvalue weighted by molar-refractivity contribution is 7.53. The quantitative estimate of drug-likeness (QED) is 0.139. The van der Waals surface area contributed by atoms with Gasteiger partial charge in [0.25, 0.3) is 0 Å². The SMILES string of the molecule is Cc1ccc2c(NC(C)CCCN(CCO)C(=O)OCCCC(=O)NC(C(=O)O)P(=O)(O)O)ccnc2c1. The molecule has 2 unspecified atom stereocenters. The summed E-state index contributed by atoms with van der Waals surface area (Å²) in [4.78, 5) is 58.9. The number of pyridine rings is 1. The first-order valence-corrected chi connectivity index (χ1v) is 13.8. The van der Waals surface area contributed by atoms with E-state index in [0.29, 0.717) is 13.0 Å². The van der Waals surface area contributed by atoms with Crippen LogP contribution in [0.2, 0.25) is 0 Å². The highest BCUT2D eigenvalue weighted by Gasteiger charge is 2.36. The summed E-state index contributed by atoms with van der Waals surface area (Å²) in [6, 6.07) is 8.08. The summed E-state index contributed by atoms with van der Waals surface area (Å²) in [5.74, 6) is -5.09. The maximum absolute atomic E-state index is 12.4. The lowest BCUT2D eigenvalue weighted by molar-refractivity contribution is -0.139. The number of aliphatic hydroxyl groups is 1. The molecular formula is C24H35N4O9P. The molecule has 1 heterocycles. The van der Waals surface area contributed by atoms with Gasteiger partial charge in [-0.1, -0.05) is 12.1 Å². The van der Waals surface area contributed by atoms with Crippen LogP contribution in [0.1, 0.15) is 38.2 Å². The van der Waals surface area contributed by atoms with E-state index in [1.54, 1.807) is 11.5 Å². The summed E-state index contributed by atoms with van der Waals surface area (Å²) < 4.78 is 16.3. The van der Waals surface area contributed by atoms with Gasteiger partial charge in [-0.05, 0) is 50.8 Å². The van der Waals surface area contributed by atoms with E-state index in [9.17, 15) is 24.1 Å². The van der Waals surface area contributed by atoms with Crippen LogP contribution in [-0.2, 0) is 18.9 Å². The molecule has 38 heavy (non-hydrogen) atoms. The van der Waals surface area contributed by atoms with Crippen LogP contribution >= 0.6 is 7.60 Å². The minimum absolute atomic E-state index is 0.0123. The molecule has 1 aromatic heterocycles. The normalized spacial score (nSPS) is 13.0. The number of carboxylic acids is 1. The van der Waals surface area contributed by atoms with Crippen molar-refractivity contribution in [1.82, 2.24) is 15.2 Å². The van der Waals surface area contributed by atoms with Gasteiger partial charge in [0.2, 0.25) is 11.7 Å². The molecule has 2 rings (SSSR count). The standard InChI is InChI=1S/C24H35N4O9P/c1-16-7-8-18-19(9-10-25-20(18)15-16)26-17(2)5-3-11-28(12-13-29)24(33)37-14-4-6-21(30)27-22(23(31)32)38(34,35)36/h7-10,15,17,22,29H,3-6,11-14H2,1-2H3,(H,25,26)(H,27,30)(H,31,32)(H2,34,35,36). The van der Waals surface area contributed by atoms with Crippen molar-refractivity contribution < 1.29 is 43.7 Å². The second kappa shape index (κ2) is 14.6. The first-order valence-electron chi connectivity index (χ1n) is 12.1. The minimum atomic E-state index is -5.07. The van der Waals surface area contributed by atoms with Crippen molar-refractivity contribution in [3.8, 4) is 0 Å². The number of nitrogens with one attached hydrogen (secondary N) is 2. The van der Waals surface area contributed by atoms with Crippen LogP contribution < -0.4 is 10.6 Å². The molecule has 0 bridgehead atoms. The molecular weight excluding hydrogens is 519 g/mol. The number of aliphatic carboxylic acids is 1. The van der Waals surface area contributed by atoms with Crippen LogP contribution in [0.5, 0.6) is 0 Å². The fourth-order valence-electron chi connectivity index (χ4n) is 3.72. The van der Waals surface area contributed by atoms with E-state index in [4.69, 9.17) is 19.6 Å². The summed E-state index contributed by atoms with van der Waals surface area (Å²) in [6.07, 6.45) is 2.15. The third-order valence-electron chi connectivity index (χ3n) is 5.64. The lowest BCUT2D eigenvalue weighted by atomic mass is 10.1. The molecule has 6 N–H and O–H groups in total. The third kappa shape index (κ3) is 9.90. The molecule has 0 radical (unpaired) electrons. The van der Waals surface area contributed by atoms with Crippen molar-refractivity contribution in [2.75, 3.05) is 31.6 Å². The third-order valence-corrected chi connectivity index (χ3v) is 6.66. The van der Waals surface area contributed by atoms with E-state index >= 15 is 0 Å². The topological polar surface area (TPSA) is 199 Å². The molecule has 2 atom stereocenters. The lowest BCUT2D eigenvalue weighted by Gasteiger charge is -2.23. The maximum Gasteiger partial charge on any atom is 0.409 e. The predicted octanol–water partition coefficient (Wildman–Crippen LogP) is 2.04. The van der Waals surface area contributed by atoms with Crippen molar-refractivity contribution in [3.63, 3.8) is 0 Å². The number of fused-ring (bicyclic) bond motifs is 1. The molecule has 0 saturated heterocycles. The monoisotopic (exact) mass is 554 g/mol. The summed E-state index contributed by atoms with van der Waals surface area (Å²) in [5.41, 5.74) is 3.00. The predicted molar refractivity (Wildman–Crippen MR) is 140 cm³/mol. The molecule has 0 spiro atoms. The molecule has 0 aliphatic heterocycles. The Bertz CT molecular complexity index is 1160. The van der Waals surface area contributed by atoms with Crippen molar-refractivity contribution in [2.45, 2.75) is 51.4 Å². The number of nitrogens with zero attached hydrogens (tertiary/aromatic N) is 2. The van der Waals surface area contributed by atoms with Gasteiger partial charge in [-0.25, -0.2) is 9.59 Å². The van der Waals surface area contributed by atoms with Crippen molar-refractivity contribution in [1.29, 1.82) is 0 Å². The van der Waals surface area contributed by atoms with E-state index < -0.39 is 31.3 Å². The Morgan fingerprint density at radius 1 is 1.16 bits per heavy atom. The summed E-state index contributed by atoms with van der Waals surface area (Å²) in [6.45, 7) is 4.02. The zero-order chi connectivity index (χ0) is 28.3. The first-order chi connectivity index (χ1) is 17.9. The molecule has 13 nitrogen and oxygen atoms in total. The molecule has 1 aromatic carbocycles. The number of hydrogen-bond acceptors (Lipinski definition) is 8. The second-order valence-electron chi connectivity index (χ2n) is 8.89. The zero-order valence-electron chi connectivity index (χ0n) is 21.4. The number of benzene rings is 1. The molecule has 2 amide bonds. The number of aromatic nitrogens is 1. The van der Waals surface area contributed by atoms with Crippen LogP contribution in [0.3, 0.4) is 0 Å². The fourth-order valence-corrected chi connectivity index (χ4v) is 4.32. The Kier molecular flexibility index (Phi) is 11.9. The second-order valence-corrected chi connectivity index (χ2v) is 10.6. The number of hydrogen-bond donors (Lipinski definition) is 6. The largest absolute Gasteiger partial charge is 0.479 e. The van der Waals surface area contributed by atoms with Crippen LogP contribution in [0.15, 0.2) is 30.5 Å². The fraction of sp³-hybridized carbons (Fsp3) is 0.500. The van der Waals surface area contributed by atoms with Gasteiger partial charge in [-0.15, -0.1) is 0 Å². The zero-order valence-corrected chi connectivity index (χ0v) is 22.3. The van der Waals surface area contributed by atoms with Crippen molar-refractivity contribution in [2.24, 2.45) is 0 Å². The van der Waals surface area contributed by atoms with Crippen LogP contribution in [0.4, 0.5) is 10.5 Å². The Hall–Kier alpha value is -3.25. The highest BCUT2D eigenvalue weighted by atomic mass is 31.2. The molecule has 0 fully saturated rings. The Morgan fingerprint density at radius 3 is 2.55 bits per heavy atom. The summed E-state index contributed by atoms with van der Waals surface area (Å²) >= 11 is 0. The number of carbonyl (C=O) groups is 3. The number of ether oxygens (including phenoxy) is 1. The summed E-state index contributed by atoms with van der Waals surface area (Å²) in [7, 11) is -5.07. The number of carbonyl (C=O) groups excluding carboxylic acids is 2. The van der Waals surface area contributed by atoms with Gasteiger partial charge in [0, 0.05) is 42.8 Å². The van der Waals surface area contributed by atoms with Crippen molar-refractivity contribution >= 4 is 42.2 Å². The average Bonchev–Trinajstić information content (AvgIpc) is 2.83. The van der Waals surface area contributed by atoms with Gasteiger partial charge < -0.3 is 40.3 Å². The van der Waals surface area contributed by atoms with Crippen LogP contribution in [-0.4, -0.2) is 86.0 Å². The van der Waals surface area contributed by atoms with E-state index in [1.807, 2.05) is 38.1 Å². The van der Waals surface area contributed by atoms with Gasteiger partial charge in [0.05, 0.1) is 18.7 Å². The molecule has 0 aliphatic rings. The van der Waals surface area contributed by atoms with Crippen molar-refractivity contribution in [3.05, 3.63) is 36.0 Å². The molecule has 14 heteroatoms. The number of rotatable bonds is 15. The Morgan fingerprint density at radius 2 is 1.89 bits per heavy atom. The number of amides is 2. The number of aryl methyl sites for hydroxylation is 1. The van der Waals surface area contributed by atoms with Crippen LogP contribution in [0, 0.1) is 6.92 Å². The van der Waals surface area contributed by atoms with Gasteiger partial charge >= 0.3 is 19.7 Å². The molecule has 2 aromatic rings. The van der Waals surface area contributed by atoms with E-state index in [2.05, 4.69) is 10.3 Å². The number of carboxylic acid groups (broad SMARTS) is 1. The molecule has 0 aliphatic carbocycles. The van der Waals surface area contributed by atoms with E-state index in [0.717, 1.165) is 28.6 Å². The van der Waals surface area contributed by atoms with Gasteiger partial charge in [-0.3, -0.25) is 14.3 Å². The van der Waals surface area contributed by atoms with E-state index in [1.165, 1.54) is 4.90 Å². The molecule has 0 saturated carbocycles. The first kappa shape index (κ1) is 31.0. The van der Waals surface area contributed by atoms with Gasteiger partial charge in [-0.2, -0.15) is 0 Å². The number of aliphatic hydroxyl groups excluding tert-OH is 1. The van der Waals surface area contributed by atoms with Crippen LogP contribution in [0.25, 0.3) is 10.9 Å². The number of anilines is 1. The van der Waals surface area contributed by atoms with Gasteiger partial charge in [0.15, 0.2) is 0 Å². The Balaban J connectivity index is 1.76. The van der Waals surface area contributed by atoms with E-state index in [-0.39, 0.29) is 38.6 Å². The Labute approximate surface area is 220 Å². The smallest absolute Gasteiger partial charge is 0.409 e. The minimum Gasteiger partial charge on any atom is -0.479 e. The summed E-state index contributed by atoms with van der Waals surface area (Å²) in [5, 5.41) is 24.4. The average molecular weight is 555 g/mol. The highest BCUT2D eigenvalue weighted by Crippen LogP contribution is 2.39. The molecule has 210 valence electrons. The lowest BCUT2D eigenvalue weighted by Crippen LogP contribution is -2.40. The maximum atomic E-state index is 12.4.